The molecule has 1 fully saturated rings. The van der Waals surface area contributed by atoms with Gasteiger partial charge in [-0.3, -0.25) is 9.78 Å². The van der Waals surface area contributed by atoms with Crippen LogP contribution < -0.4 is 10.5 Å². The minimum Gasteiger partial charge on any atom is -0.342 e. The number of aromatic nitrogens is 2. The standard InChI is InChI=1S/C20H35N3O/c1-3-4-5-6-7-8-9-11-14-18-17(2)21-20(22-19(18)24)23-15-12-10-13-16-23/h3-16H2,1-2H3,(H,21,22,24). The molecule has 4 nitrogen and oxygen atoms in total. The number of anilines is 1. The third-order valence-electron chi connectivity index (χ3n) is 5.15. The van der Waals surface area contributed by atoms with Crippen LogP contribution in [0.4, 0.5) is 5.95 Å². The molecule has 1 aromatic heterocycles. The molecule has 1 N–H and O–H groups in total. The third kappa shape index (κ3) is 5.95. The van der Waals surface area contributed by atoms with Crippen molar-refractivity contribution < 1.29 is 0 Å². The molecule has 2 rings (SSSR count). The van der Waals surface area contributed by atoms with E-state index in [4.69, 9.17) is 0 Å². The average molecular weight is 334 g/mol. The number of nitrogens with zero attached hydrogens (tertiary/aromatic N) is 2. The number of rotatable bonds is 10. The van der Waals surface area contributed by atoms with Crippen molar-refractivity contribution in [1.29, 1.82) is 0 Å². The minimum atomic E-state index is 0.0750. The fourth-order valence-corrected chi connectivity index (χ4v) is 3.58. The van der Waals surface area contributed by atoms with E-state index >= 15 is 0 Å². The Kier molecular flexibility index (Phi) is 8.34. The zero-order valence-electron chi connectivity index (χ0n) is 15.7. The van der Waals surface area contributed by atoms with Crippen molar-refractivity contribution in [1.82, 2.24) is 9.97 Å². The van der Waals surface area contributed by atoms with Crippen molar-refractivity contribution in [3.05, 3.63) is 21.6 Å². The lowest BCUT2D eigenvalue weighted by atomic mass is 10.0. The SMILES string of the molecule is CCCCCCCCCCc1c(C)nc(N2CCCCC2)[nH]c1=O. The van der Waals surface area contributed by atoms with E-state index in [0.717, 1.165) is 43.1 Å². The topological polar surface area (TPSA) is 49.0 Å². The molecule has 0 atom stereocenters. The quantitative estimate of drug-likeness (QED) is 0.628. The Morgan fingerprint density at radius 3 is 2.21 bits per heavy atom. The molecule has 0 saturated carbocycles. The number of H-pyrrole nitrogens is 1. The predicted octanol–water partition coefficient (Wildman–Crippen LogP) is 4.75. The summed E-state index contributed by atoms with van der Waals surface area (Å²) in [5.41, 5.74) is 1.88. The first-order valence-electron chi connectivity index (χ1n) is 10.1. The van der Waals surface area contributed by atoms with Gasteiger partial charge < -0.3 is 4.90 Å². The van der Waals surface area contributed by atoms with Gasteiger partial charge in [-0.15, -0.1) is 0 Å². The first-order chi connectivity index (χ1) is 11.7. The molecule has 0 spiro atoms. The summed E-state index contributed by atoms with van der Waals surface area (Å²) in [6.07, 6.45) is 14.9. The van der Waals surface area contributed by atoms with E-state index in [0.29, 0.717) is 0 Å². The lowest BCUT2D eigenvalue weighted by Gasteiger charge is -2.27. The molecule has 136 valence electrons. The zero-order valence-corrected chi connectivity index (χ0v) is 15.7. The molecule has 2 heterocycles. The van der Waals surface area contributed by atoms with Crippen molar-refractivity contribution in [2.24, 2.45) is 0 Å². The number of aromatic amines is 1. The molecule has 0 aromatic carbocycles. The van der Waals surface area contributed by atoms with Crippen LogP contribution in [0.15, 0.2) is 4.79 Å². The Labute approximate surface area is 147 Å². The summed E-state index contributed by atoms with van der Waals surface area (Å²) in [4.78, 5) is 22.3. The molecule has 0 radical (unpaired) electrons. The van der Waals surface area contributed by atoms with Crippen molar-refractivity contribution in [3.8, 4) is 0 Å². The van der Waals surface area contributed by atoms with Crippen LogP contribution in [0.25, 0.3) is 0 Å². The van der Waals surface area contributed by atoms with Crippen molar-refractivity contribution >= 4 is 5.95 Å². The van der Waals surface area contributed by atoms with E-state index in [1.54, 1.807) is 0 Å². The highest BCUT2D eigenvalue weighted by Crippen LogP contribution is 2.16. The molecular weight excluding hydrogens is 298 g/mol. The number of piperidine rings is 1. The molecular formula is C20H35N3O. The average Bonchev–Trinajstić information content (AvgIpc) is 2.60. The van der Waals surface area contributed by atoms with Gasteiger partial charge in [0, 0.05) is 24.3 Å². The van der Waals surface area contributed by atoms with Crippen LogP contribution in [0.3, 0.4) is 0 Å². The highest BCUT2D eigenvalue weighted by Gasteiger charge is 2.15. The summed E-state index contributed by atoms with van der Waals surface area (Å²) in [6, 6.07) is 0. The molecule has 1 saturated heterocycles. The lowest BCUT2D eigenvalue weighted by molar-refractivity contribution is 0.564. The second kappa shape index (κ2) is 10.5. The maximum absolute atomic E-state index is 12.4. The summed E-state index contributed by atoms with van der Waals surface area (Å²) >= 11 is 0. The van der Waals surface area contributed by atoms with Crippen molar-refractivity contribution in [2.75, 3.05) is 18.0 Å². The van der Waals surface area contributed by atoms with Gasteiger partial charge in [0.05, 0.1) is 0 Å². The van der Waals surface area contributed by atoms with E-state index in [1.807, 2.05) is 6.92 Å². The Balaban J connectivity index is 1.77. The largest absolute Gasteiger partial charge is 0.342 e. The van der Waals surface area contributed by atoms with Crippen LogP contribution in [-0.2, 0) is 6.42 Å². The number of hydrogen-bond donors (Lipinski definition) is 1. The first kappa shape index (κ1) is 19.0. The summed E-state index contributed by atoms with van der Waals surface area (Å²) in [5.74, 6) is 0.775. The van der Waals surface area contributed by atoms with Gasteiger partial charge in [-0.05, 0) is 39.0 Å². The van der Waals surface area contributed by atoms with Crippen LogP contribution in [-0.4, -0.2) is 23.1 Å². The Morgan fingerprint density at radius 2 is 1.58 bits per heavy atom. The fraction of sp³-hybridized carbons (Fsp3) is 0.800. The van der Waals surface area contributed by atoms with Gasteiger partial charge in [0.15, 0.2) is 0 Å². The zero-order chi connectivity index (χ0) is 17.2. The summed E-state index contributed by atoms with van der Waals surface area (Å²) in [7, 11) is 0. The van der Waals surface area contributed by atoms with E-state index in [2.05, 4.69) is 21.8 Å². The second-order valence-electron chi connectivity index (χ2n) is 7.23. The smallest absolute Gasteiger partial charge is 0.255 e. The fourth-order valence-electron chi connectivity index (χ4n) is 3.58. The highest BCUT2D eigenvalue weighted by molar-refractivity contribution is 5.33. The number of unbranched alkanes of at least 4 members (excludes halogenated alkanes) is 7. The number of hydrogen-bond acceptors (Lipinski definition) is 3. The molecule has 0 bridgehead atoms. The van der Waals surface area contributed by atoms with Crippen LogP contribution in [0.5, 0.6) is 0 Å². The molecule has 1 aliphatic heterocycles. The number of nitrogens with one attached hydrogen (secondary N) is 1. The maximum atomic E-state index is 12.4. The molecule has 0 unspecified atom stereocenters. The minimum absolute atomic E-state index is 0.0750. The Hall–Kier alpha value is -1.32. The third-order valence-corrected chi connectivity index (χ3v) is 5.15. The van der Waals surface area contributed by atoms with Gasteiger partial charge in [-0.25, -0.2) is 4.98 Å². The van der Waals surface area contributed by atoms with Crippen LogP contribution in [0.1, 0.15) is 88.8 Å². The maximum Gasteiger partial charge on any atom is 0.255 e. The molecule has 1 aromatic rings. The van der Waals surface area contributed by atoms with Gasteiger partial charge in [-0.2, -0.15) is 0 Å². The normalized spacial score (nSPS) is 15.0. The van der Waals surface area contributed by atoms with Gasteiger partial charge in [0.2, 0.25) is 5.95 Å². The van der Waals surface area contributed by atoms with Gasteiger partial charge in [0.25, 0.3) is 5.56 Å². The second-order valence-corrected chi connectivity index (χ2v) is 7.23. The van der Waals surface area contributed by atoms with E-state index in [9.17, 15) is 4.79 Å². The van der Waals surface area contributed by atoms with Crippen LogP contribution in [0.2, 0.25) is 0 Å². The molecule has 0 amide bonds. The highest BCUT2D eigenvalue weighted by atomic mass is 16.1. The predicted molar refractivity (Wildman–Crippen MR) is 102 cm³/mol. The van der Waals surface area contributed by atoms with Gasteiger partial charge in [-0.1, -0.05) is 51.9 Å². The molecule has 4 heteroatoms. The summed E-state index contributed by atoms with van der Waals surface area (Å²) in [6.45, 7) is 6.27. The molecule has 0 aliphatic carbocycles. The van der Waals surface area contributed by atoms with E-state index < -0.39 is 0 Å². The van der Waals surface area contributed by atoms with Crippen LogP contribution >= 0.6 is 0 Å². The first-order valence-corrected chi connectivity index (χ1v) is 10.1. The molecule has 1 aliphatic rings. The van der Waals surface area contributed by atoms with E-state index in [-0.39, 0.29) is 5.56 Å². The lowest BCUT2D eigenvalue weighted by Crippen LogP contribution is -2.33. The summed E-state index contributed by atoms with van der Waals surface area (Å²) < 4.78 is 0. The Morgan fingerprint density at radius 1 is 0.958 bits per heavy atom. The van der Waals surface area contributed by atoms with E-state index in [1.165, 1.54) is 64.2 Å². The van der Waals surface area contributed by atoms with Crippen LogP contribution in [0, 0.1) is 6.92 Å². The Bertz CT molecular complexity index is 532. The number of aryl methyl sites for hydroxylation is 1. The van der Waals surface area contributed by atoms with Crippen molar-refractivity contribution in [2.45, 2.75) is 90.9 Å². The summed E-state index contributed by atoms with van der Waals surface area (Å²) in [5, 5.41) is 0. The monoisotopic (exact) mass is 333 g/mol. The van der Waals surface area contributed by atoms with Gasteiger partial charge in [0.1, 0.15) is 0 Å². The van der Waals surface area contributed by atoms with Gasteiger partial charge >= 0.3 is 0 Å². The molecule has 24 heavy (non-hydrogen) atoms. The van der Waals surface area contributed by atoms with Crippen molar-refractivity contribution in [3.63, 3.8) is 0 Å².